The summed E-state index contributed by atoms with van der Waals surface area (Å²) in [5, 5.41) is 12.8. The number of ether oxygens (including phenoxy) is 1. The van der Waals surface area contributed by atoms with Gasteiger partial charge in [-0.15, -0.1) is 0 Å². The first-order valence-corrected chi connectivity index (χ1v) is 8.86. The molecule has 25 heavy (non-hydrogen) atoms. The van der Waals surface area contributed by atoms with Gasteiger partial charge in [0, 0.05) is 44.3 Å². The predicted molar refractivity (Wildman–Crippen MR) is 99.5 cm³/mol. The summed E-state index contributed by atoms with van der Waals surface area (Å²) >= 11 is 6.13. The molecule has 0 saturated heterocycles. The van der Waals surface area contributed by atoms with Crippen molar-refractivity contribution in [3.05, 3.63) is 58.1 Å². The third-order valence-corrected chi connectivity index (χ3v) is 5.53. The second kappa shape index (κ2) is 5.63. The number of hydrogen-bond donors (Lipinski definition) is 1. The highest BCUT2D eigenvalue weighted by molar-refractivity contribution is 6.31. The summed E-state index contributed by atoms with van der Waals surface area (Å²) in [5.41, 5.74) is 3.52. The number of hydrogen-bond acceptors (Lipinski definition) is 3. The minimum absolute atomic E-state index is 0.167. The first-order valence-electron chi connectivity index (χ1n) is 8.48. The summed E-state index contributed by atoms with van der Waals surface area (Å²) in [4.78, 5) is 12.2. The molecule has 0 heterocycles. The van der Waals surface area contributed by atoms with Gasteiger partial charge >= 0.3 is 5.97 Å². The maximum absolute atomic E-state index is 12.2. The maximum atomic E-state index is 12.2. The zero-order valence-corrected chi connectivity index (χ0v) is 15.0. The molecule has 4 heteroatoms. The van der Waals surface area contributed by atoms with Gasteiger partial charge in [-0.2, -0.15) is 0 Å². The van der Waals surface area contributed by atoms with E-state index < -0.39 is 5.97 Å². The molecule has 2 bridgehead atoms. The zero-order chi connectivity index (χ0) is 17.9. The second-order valence-electron chi connectivity index (χ2n) is 6.85. The Bertz CT molecular complexity index is 971. The molecule has 2 aliphatic carbocycles. The van der Waals surface area contributed by atoms with E-state index in [0.29, 0.717) is 27.1 Å². The average molecular weight is 355 g/mol. The lowest BCUT2D eigenvalue weighted by molar-refractivity contribution is -0.130. The first kappa shape index (κ1) is 16.2. The minimum atomic E-state index is -0.450. The highest BCUT2D eigenvalue weighted by Crippen LogP contribution is 2.60. The van der Waals surface area contributed by atoms with E-state index in [4.69, 9.17) is 16.3 Å². The quantitative estimate of drug-likeness (QED) is 0.337. The Morgan fingerprint density at radius 1 is 1.36 bits per heavy atom. The lowest BCUT2D eigenvalue weighted by Crippen LogP contribution is -2.12. The topological polar surface area (TPSA) is 46.5 Å². The van der Waals surface area contributed by atoms with Crippen LogP contribution in [0.4, 0.5) is 0 Å². The standard InChI is InChI=1S/C21H19ClO3/c1-4-11-7-12-8-15(11)18-17(12)19(23)16-9-13(22)5-6-14(16)20(18)25-21(24)10(2)3/h5-7,9,12,15,23H,2,4,8H2,1,3H3. The molecule has 128 valence electrons. The molecule has 0 saturated carbocycles. The van der Waals surface area contributed by atoms with Gasteiger partial charge in [0.15, 0.2) is 0 Å². The van der Waals surface area contributed by atoms with Gasteiger partial charge in [-0.1, -0.05) is 36.8 Å². The van der Waals surface area contributed by atoms with Crippen LogP contribution in [-0.4, -0.2) is 11.1 Å². The second-order valence-corrected chi connectivity index (χ2v) is 7.29. The van der Waals surface area contributed by atoms with Crippen LogP contribution < -0.4 is 4.74 Å². The van der Waals surface area contributed by atoms with Crippen molar-refractivity contribution in [1.82, 2.24) is 0 Å². The Morgan fingerprint density at radius 2 is 2.12 bits per heavy atom. The van der Waals surface area contributed by atoms with E-state index in [1.54, 1.807) is 25.1 Å². The molecule has 0 aromatic heterocycles. The van der Waals surface area contributed by atoms with Crippen LogP contribution in [0, 0.1) is 0 Å². The molecular formula is C21H19ClO3. The zero-order valence-electron chi connectivity index (χ0n) is 14.2. The molecule has 0 amide bonds. The Hall–Kier alpha value is -2.26. The van der Waals surface area contributed by atoms with E-state index >= 15 is 0 Å². The normalized spacial score (nSPS) is 20.5. The molecule has 0 spiro atoms. The summed E-state index contributed by atoms with van der Waals surface area (Å²) in [6.07, 6.45) is 4.12. The van der Waals surface area contributed by atoms with Gasteiger partial charge in [-0.05, 0) is 38.0 Å². The van der Waals surface area contributed by atoms with Crippen molar-refractivity contribution in [3.63, 3.8) is 0 Å². The van der Waals surface area contributed by atoms with E-state index in [2.05, 4.69) is 19.6 Å². The third kappa shape index (κ3) is 2.30. The Balaban J connectivity index is 2.03. The van der Waals surface area contributed by atoms with Crippen molar-refractivity contribution in [3.8, 4) is 11.5 Å². The van der Waals surface area contributed by atoms with Crippen LogP contribution >= 0.6 is 11.6 Å². The SMILES string of the molecule is C=C(C)C(=O)Oc1c2c(c(O)c3cc(Cl)ccc13)C1C=C(CC)C2C1. The number of halogens is 1. The minimum Gasteiger partial charge on any atom is -0.507 e. The fraction of sp³-hybridized carbons (Fsp3) is 0.286. The molecule has 4 rings (SSSR count). The van der Waals surface area contributed by atoms with Crippen molar-refractivity contribution < 1.29 is 14.6 Å². The highest BCUT2D eigenvalue weighted by Gasteiger charge is 2.43. The van der Waals surface area contributed by atoms with Gasteiger partial charge in [0.1, 0.15) is 11.5 Å². The van der Waals surface area contributed by atoms with Gasteiger partial charge in [0.2, 0.25) is 0 Å². The van der Waals surface area contributed by atoms with Gasteiger partial charge in [0.25, 0.3) is 0 Å². The number of phenolic OH excluding ortho intramolecular Hbond substituents is 1. The predicted octanol–water partition coefficient (Wildman–Crippen LogP) is 5.60. The molecule has 2 aliphatic rings. The number of carbonyl (C=O) groups is 1. The molecule has 2 aromatic rings. The highest BCUT2D eigenvalue weighted by atomic mass is 35.5. The molecule has 1 N–H and O–H groups in total. The van der Waals surface area contributed by atoms with Crippen LogP contribution in [-0.2, 0) is 4.79 Å². The van der Waals surface area contributed by atoms with E-state index in [9.17, 15) is 9.90 Å². The lowest BCUT2D eigenvalue weighted by atomic mass is 9.86. The summed E-state index contributed by atoms with van der Waals surface area (Å²) in [6, 6.07) is 5.28. The fourth-order valence-corrected chi connectivity index (χ4v) is 4.35. The lowest BCUT2D eigenvalue weighted by Gasteiger charge is -2.23. The molecule has 0 radical (unpaired) electrons. The third-order valence-electron chi connectivity index (χ3n) is 5.29. The largest absolute Gasteiger partial charge is 0.507 e. The number of benzene rings is 2. The number of carbonyl (C=O) groups excluding carboxylic acids is 1. The molecule has 3 nitrogen and oxygen atoms in total. The van der Waals surface area contributed by atoms with Gasteiger partial charge in [-0.25, -0.2) is 4.79 Å². The number of rotatable bonds is 3. The van der Waals surface area contributed by atoms with E-state index in [-0.39, 0.29) is 17.6 Å². The van der Waals surface area contributed by atoms with Gasteiger partial charge in [-0.3, -0.25) is 0 Å². The van der Waals surface area contributed by atoms with Gasteiger partial charge < -0.3 is 9.84 Å². The Labute approximate surface area is 151 Å². The number of esters is 1. The number of aromatic hydroxyl groups is 1. The molecular weight excluding hydrogens is 336 g/mol. The number of fused-ring (bicyclic) bond motifs is 6. The molecule has 0 fully saturated rings. The summed E-state index contributed by atoms with van der Waals surface area (Å²) in [6.45, 7) is 7.44. The molecule has 2 unspecified atom stereocenters. The molecule has 0 aliphatic heterocycles. The fourth-order valence-electron chi connectivity index (χ4n) is 4.18. The first-order chi connectivity index (χ1) is 11.9. The average Bonchev–Trinajstić information content (AvgIpc) is 3.16. The van der Waals surface area contributed by atoms with Crippen molar-refractivity contribution in [2.24, 2.45) is 0 Å². The number of allylic oxidation sites excluding steroid dienone is 2. The van der Waals surface area contributed by atoms with E-state index in [1.807, 2.05) is 0 Å². The smallest absolute Gasteiger partial charge is 0.338 e. The molecule has 2 aromatic carbocycles. The van der Waals surface area contributed by atoms with E-state index in [1.165, 1.54) is 5.57 Å². The van der Waals surface area contributed by atoms with Gasteiger partial charge in [0.05, 0.1) is 0 Å². The Morgan fingerprint density at radius 3 is 2.80 bits per heavy atom. The maximum Gasteiger partial charge on any atom is 0.338 e. The van der Waals surface area contributed by atoms with Crippen LogP contribution in [0.3, 0.4) is 0 Å². The van der Waals surface area contributed by atoms with Crippen molar-refractivity contribution in [2.75, 3.05) is 0 Å². The van der Waals surface area contributed by atoms with Crippen LogP contribution in [0.5, 0.6) is 11.5 Å². The molecule has 2 atom stereocenters. The van der Waals surface area contributed by atoms with Crippen molar-refractivity contribution in [2.45, 2.75) is 38.5 Å². The summed E-state index contributed by atoms with van der Waals surface area (Å²) in [7, 11) is 0. The summed E-state index contributed by atoms with van der Waals surface area (Å²) in [5.74, 6) is 0.707. The van der Waals surface area contributed by atoms with Crippen LogP contribution in [0.2, 0.25) is 5.02 Å². The van der Waals surface area contributed by atoms with Crippen LogP contribution in [0.1, 0.15) is 49.7 Å². The van der Waals surface area contributed by atoms with Crippen LogP contribution in [0.25, 0.3) is 10.8 Å². The van der Waals surface area contributed by atoms with Crippen molar-refractivity contribution in [1.29, 1.82) is 0 Å². The Kier molecular flexibility index (Phi) is 3.66. The van der Waals surface area contributed by atoms with E-state index in [0.717, 1.165) is 24.0 Å². The van der Waals surface area contributed by atoms with Crippen LogP contribution in [0.15, 0.2) is 42.0 Å². The monoisotopic (exact) mass is 354 g/mol. The summed E-state index contributed by atoms with van der Waals surface area (Å²) < 4.78 is 5.75. The number of phenols is 1. The van der Waals surface area contributed by atoms with Crippen molar-refractivity contribution >= 4 is 28.3 Å².